The number of carbonyl (C=O) groups excluding carboxylic acids is 2. The molecule has 0 aliphatic carbocycles. The number of methoxy groups -OCH3 is 1. The molecule has 0 unspecified atom stereocenters. The van der Waals surface area contributed by atoms with Crippen molar-refractivity contribution in [3.8, 4) is 0 Å². The van der Waals surface area contributed by atoms with Crippen LogP contribution >= 0.6 is 0 Å². The van der Waals surface area contributed by atoms with Gasteiger partial charge in [0.1, 0.15) is 5.60 Å². The zero-order chi connectivity index (χ0) is 16.1. The number of carbonyl (C=O) groups is 2. The Kier molecular flexibility index (Phi) is 6.04. The van der Waals surface area contributed by atoms with Gasteiger partial charge in [0.25, 0.3) is 0 Å². The average molecular weight is 283 g/mol. The van der Waals surface area contributed by atoms with E-state index in [1.165, 1.54) is 7.11 Å². The minimum atomic E-state index is -0.965. The summed E-state index contributed by atoms with van der Waals surface area (Å²) in [4.78, 5) is 23.7. The number of amides is 1. The van der Waals surface area contributed by atoms with Crippen LogP contribution in [0, 0.1) is 5.41 Å². The zero-order valence-electron chi connectivity index (χ0n) is 13.4. The molecule has 0 heterocycles. The summed E-state index contributed by atoms with van der Waals surface area (Å²) in [7, 11) is 1.26. The molecule has 0 bridgehead atoms. The van der Waals surface area contributed by atoms with Gasteiger partial charge in [0.15, 0.2) is 6.04 Å². The second-order valence-electron chi connectivity index (χ2n) is 6.44. The van der Waals surface area contributed by atoms with Gasteiger partial charge in [0.05, 0.1) is 7.11 Å². The summed E-state index contributed by atoms with van der Waals surface area (Å²) in [5.74, 6) is -0.586. The molecule has 0 aromatic heterocycles. The van der Waals surface area contributed by atoms with Crippen molar-refractivity contribution in [2.75, 3.05) is 7.11 Å². The first kappa shape index (κ1) is 18.3. The van der Waals surface area contributed by atoms with Crippen molar-refractivity contribution >= 4 is 12.1 Å². The van der Waals surface area contributed by atoms with Gasteiger partial charge in [0.2, 0.25) is 0 Å². The van der Waals surface area contributed by atoms with E-state index in [0.29, 0.717) is 5.57 Å². The molecule has 0 aromatic carbocycles. The number of hydrogen-bond acceptors (Lipinski definition) is 4. The third kappa shape index (κ3) is 5.93. The molecule has 0 saturated carbocycles. The maximum Gasteiger partial charge on any atom is 0.408 e. The third-order valence-corrected chi connectivity index (χ3v) is 2.39. The van der Waals surface area contributed by atoms with Crippen molar-refractivity contribution < 1.29 is 19.1 Å². The van der Waals surface area contributed by atoms with E-state index in [2.05, 4.69) is 17.6 Å². The summed E-state index contributed by atoms with van der Waals surface area (Å²) < 4.78 is 9.87. The molecule has 5 heteroatoms. The van der Waals surface area contributed by atoms with E-state index >= 15 is 0 Å². The van der Waals surface area contributed by atoms with E-state index < -0.39 is 29.1 Å². The van der Waals surface area contributed by atoms with Crippen LogP contribution in [0.15, 0.2) is 17.9 Å². The zero-order valence-corrected chi connectivity index (χ0v) is 13.4. The monoisotopic (exact) mass is 283 g/mol. The van der Waals surface area contributed by atoms with Crippen LogP contribution in [0.25, 0.3) is 0 Å². The molecule has 0 radical (unpaired) electrons. The largest absolute Gasteiger partial charge is 0.467 e. The van der Waals surface area contributed by atoms with Crippen LogP contribution in [-0.2, 0) is 14.3 Å². The van der Waals surface area contributed by atoms with Crippen molar-refractivity contribution in [2.45, 2.75) is 53.2 Å². The van der Waals surface area contributed by atoms with Gasteiger partial charge in [-0.05, 0) is 26.2 Å². The van der Waals surface area contributed by atoms with E-state index in [4.69, 9.17) is 9.47 Å². The van der Waals surface area contributed by atoms with Gasteiger partial charge in [-0.15, -0.1) is 5.73 Å². The Labute approximate surface area is 121 Å². The summed E-state index contributed by atoms with van der Waals surface area (Å²) in [6.07, 6.45) is -0.690. The Bertz CT molecular complexity index is 420. The number of esters is 1. The lowest BCUT2D eigenvalue weighted by Gasteiger charge is -2.28. The molecule has 114 valence electrons. The molecule has 5 nitrogen and oxygen atoms in total. The molecule has 0 rings (SSSR count). The Morgan fingerprint density at radius 2 is 1.65 bits per heavy atom. The van der Waals surface area contributed by atoms with Crippen LogP contribution in [0.1, 0.15) is 41.5 Å². The Morgan fingerprint density at radius 1 is 1.15 bits per heavy atom. The third-order valence-electron chi connectivity index (χ3n) is 2.39. The lowest BCUT2D eigenvalue weighted by atomic mass is 9.82. The van der Waals surface area contributed by atoms with Crippen LogP contribution in [0.3, 0.4) is 0 Å². The second kappa shape index (κ2) is 6.62. The topological polar surface area (TPSA) is 64.6 Å². The van der Waals surface area contributed by atoms with E-state index in [-0.39, 0.29) is 0 Å². The highest BCUT2D eigenvalue weighted by molar-refractivity contribution is 5.84. The van der Waals surface area contributed by atoms with Crippen LogP contribution in [0.4, 0.5) is 4.79 Å². The number of ether oxygens (including phenoxy) is 2. The highest BCUT2D eigenvalue weighted by Crippen LogP contribution is 2.27. The van der Waals surface area contributed by atoms with Gasteiger partial charge >= 0.3 is 12.1 Å². The lowest BCUT2D eigenvalue weighted by Crippen LogP contribution is -2.47. The van der Waals surface area contributed by atoms with Gasteiger partial charge in [-0.25, -0.2) is 9.59 Å². The summed E-state index contributed by atoms with van der Waals surface area (Å²) in [5, 5.41) is 2.51. The predicted molar refractivity (Wildman–Crippen MR) is 77.3 cm³/mol. The molecule has 0 aliphatic rings. The van der Waals surface area contributed by atoms with Crippen LogP contribution in [0.5, 0.6) is 0 Å². The van der Waals surface area contributed by atoms with E-state index in [1.807, 2.05) is 20.8 Å². The SMILES string of the molecule is C=C=C([C@@H](NC(=O)OC(C)(C)C)C(=O)OC)C(C)(C)C. The lowest BCUT2D eigenvalue weighted by molar-refractivity contribution is -0.142. The van der Waals surface area contributed by atoms with E-state index in [9.17, 15) is 9.59 Å². The van der Waals surface area contributed by atoms with Gasteiger partial charge < -0.3 is 14.8 Å². The molecule has 0 fully saturated rings. The molecular formula is C15H25NO4. The average Bonchev–Trinajstić information content (AvgIpc) is 2.23. The minimum absolute atomic E-state index is 0.393. The Hall–Kier alpha value is -1.74. The summed E-state index contributed by atoms with van der Waals surface area (Å²) in [5.41, 5.74) is 2.22. The first-order valence-corrected chi connectivity index (χ1v) is 6.40. The first-order valence-electron chi connectivity index (χ1n) is 6.40. The standard InChI is InChI=1S/C15H25NO4/c1-9-10(14(2,3)4)11(12(17)19-8)16-13(18)20-15(5,6)7/h11H,1H2,2-8H3,(H,16,18)/t11-/m1/s1. The predicted octanol–water partition coefficient (Wildman–Crippen LogP) is 2.81. The van der Waals surface area contributed by atoms with Crippen LogP contribution < -0.4 is 5.32 Å². The normalized spacial score (nSPS) is 12.9. The highest BCUT2D eigenvalue weighted by Gasteiger charge is 2.33. The van der Waals surface area contributed by atoms with Crippen molar-refractivity contribution in [3.05, 3.63) is 17.9 Å². The fraction of sp³-hybridized carbons (Fsp3) is 0.667. The molecule has 1 N–H and O–H groups in total. The Balaban J connectivity index is 5.26. The quantitative estimate of drug-likeness (QED) is 0.639. The summed E-state index contributed by atoms with van der Waals surface area (Å²) >= 11 is 0. The fourth-order valence-corrected chi connectivity index (χ4v) is 1.59. The van der Waals surface area contributed by atoms with Crippen molar-refractivity contribution in [1.82, 2.24) is 5.32 Å². The van der Waals surface area contributed by atoms with E-state index in [0.717, 1.165) is 0 Å². The maximum absolute atomic E-state index is 11.9. The fourth-order valence-electron chi connectivity index (χ4n) is 1.59. The molecule has 0 aromatic rings. The van der Waals surface area contributed by atoms with Crippen molar-refractivity contribution in [3.63, 3.8) is 0 Å². The molecule has 0 saturated heterocycles. The second-order valence-corrected chi connectivity index (χ2v) is 6.44. The van der Waals surface area contributed by atoms with Crippen LogP contribution in [0.2, 0.25) is 0 Å². The number of alkyl carbamates (subject to hydrolysis) is 1. The molecule has 1 amide bonds. The molecular weight excluding hydrogens is 258 g/mol. The van der Waals surface area contributed by atoms with Crippen molar-refractivity contribution in [1.29, 1.82) is 0 Å². The van der Waals surface area contributed by atoms with Gasteiger partial charge in [-0.1, -0.05) is 27.4 Å². The minimum Gasteiger partial charge on any atom is -0.467 e. The summed E-state index contributed by atoms with van der Waals surface area (Å²) in [6, 6.07) is -0.965. The van der Waals surface area contributed by atoms with E-state index in [1.54, 1.807) is 20.8 Å². The number of nitrogens with one attached hydrogen (secondary N) is 1. The van der Waals surface area contributed by atoms with Crippen molar-refractivity contribution in [2.24, 2.45) is 5.41 Å². The first-order chi connectivity index (χ1) is 8.92. The molecule has 20 heavy (non-hydrogen) atoms. The summed E-state index contributed by atoms with van der Waals surface area (Å²) in [6.45, 7) is 14.5. The number of hydrogen-bond donors (Lipinski definition) is 1. The smallest absolute Gasteiger partial charge is 0.408 e. The Morgan fingerprint density at radius 3 is 1.95 bits per heavy atom. The molecule has 0 aliphatic heterocycles. The van der Waals surface area contributed by atoms with Gasteiger partial charge in [0, 0.05) is 5.57 Å². The van der Waals surface area contributed by atoms with Gasteiger partial charge in [-0.2, -0.15) is 0 Å². The molecule has 1 atom stereocenters. The maximum atomic E-state index is 11.9. The molecule has 0 spiro atoms. The highest BCUT2D eigenvalue weighted by atomic mass is 16.6. The van der Waals surface area contributed by atoms with Gasteiger partial charge in [-0.3, -0.25) is 0 Å². The van der Waals surface area contributed by atoms with Crippen LogP contribution in [-0.4, -0.2) is 30.8 Å². The number of rotatable bonds is 3.